The van der Waals surface area contributed by atoms with Gasteiger partial charge in [-0.25, -0.2) is 4.58 Å². The molecular formula is C6H14N+. The second kappa shape index (κ2) is 2.78. The second-order valence-electron chi connectivity index (χ2n) is 2.02. The molecule has 7 heavy (non-hydrogen) atoms. The van der Waals surface area contributed by atoms with Crippen LogP contribution in [0.4, 0.5) is 0 Å². The van der Waals surface area contributed by atoms with Gasteiger partial charge in [-0.3, -0.25) is 0 Å². The lowest BCUT2D eigenvalue weighted by molar-refractivity contribution is -0.525. The molecule has 0 atom stereocenters. The Balaban J connectivity index is 3.56. The normalized spacial score (nSPS) is 13.0. The lowest BCUT2D eigenvalue weighted by atomic mass is 10.4. The lowest BCUT2D eigenvalue weighted by Gasteiger charge is -1.96. The molecule has 42 valence electrons. The summed E-state index contributed by atoms with van der Waals surface area (Å²) in [7, 11) is 2.07. The summed E-state index contributed by atoms with van der Waals surface area (Å²) in [6.07, 6.45) is 2.07. The Kier molecular flexibility index (Phi) is 2.65. The van der Waals surface area contributed by atoms with E-state index in [4.69, 9.17) is 0 Å². The molecule has 1 nitrogen and oxygen atoms in total. The van der Waals surface area contributed by atoms with Gasteiger partial charge in [-0.1, -0.05) is 0 Å². The predicted octanol–water partition coefficient (Wildman–Crippen LogP) is 1.13. The Morgan fingerprint density at radius 1 is 1.43 bits per heavy atom. The first-order valence-electron chi connectivity index (χ1n) is 2.70. The van der Waals surface area contributed by atoms with Crippen LogP contribution in [-0.4, -0.2) is 23.9 Å². The van der Waals surface area contributed by atoms with Crippen molar-refractivity contribution in [3.05, 3.63) is 0 Å². The highest BCUT2D eigenvalue weighted by Crippen LogP contribution is 1.79. The molecule has 0 heterocycles. The number of rotatable bonds is 1. The molecule has 0 aliphatic rings. The van der Waals surface area contributed by atoms with Crippen molar-refractivity contribution in [1.82, 2.24) is 0 Å². The van der Waals surface area contributed by atoms with Crippen LogP contribution in [0.5, 0.6) is 0 Å². The van der Waals surface area contributed by atoms with Gasteiger partial charge in [0.25, 0.3) is 0 Å². The molecular weight excluding hydrogens is 86.1 g/mol. The summed E-state index contributed by atoms with van der Waals surface area (Å²) in [6, 6.07) is 0.644. The van der Waals surface area contributed by atoms with Gasteiger partial charge in [-0.05, 0) is 13.8 Å². The molecule has 1 heteroatoms. The van der Waals surface area contributed by atoms with E-state index in [0.717, 1.165) is 0 Å². The highest BCUT2D eigenvalue weighted by Gasteiger charge is 1.96. The van der Waals surface area contributed by atoms with E-state index in [2.05, 4.69) is 31.7 Å². The Hall–Kier alpha value is -0.330. The molecule has 0 aromatic rings. The van der Waals surface area contributed by atoms with Crippen molar-refractivity contribution >= 4 is 6.21 Å². The van der Waals surface area contributed by atoms with Crippen LogP contribution < -0.4 is 0 Å². The van der Waals surface area contributed by atoms with Gasteiger partial charge in [-0.15, -0.1) is 0 Å². The van der Waals surface area contributed by atoms with Gasteiger partial charge < -0.3 is 0 Å². The first kappa shape index (κ1) is 6.67. The minimum absolute atomic E-state index is 0.644. The molecule has 0 saturated carbocycles. The van der Waals surface area contributed by atoms with E-state index in [0.29, 0.717) is 6.04 Å². The van der Waals surface area contributed by atoms with E-state index in [-0.39, 0.29) is 0 Å². The fraction of sp³-hybridized carbons (Fsp3) is 0.833. The van der Waals surface area contributed by atoms with E-state index < -0.39 is 0 Å². The molecule has 0 saturated heterocycles. The van der Waals surface area contributed by atoms with E-state index in [9.17, 15) is 0 Å². The van der Waals surface area contributed by atoms with Gasteiger partial charge in [-0.2, -0.15) is 0 Å². The van der Waals surface area contributed by atoms with Crippen LogP contribution in [0.3, 0.4) is 0 Å². The molecule has 0 unspecified atom stereocenters. The van der Waals surface area contributed by atoms with Crippen molar-refractivity contribution in [2.24, 2.45) is 0 Å². The van der Waals surface area contributed by atoms with Crippen LogP contribution in [0.15, 0.2) is 0 Å². The molecule has 0 aromatic heterocycles. The molecule has 0 rings (SSSR count). The third kappa shape index (κ3) is 2.38. The first-order chi connectivity index (χ1) is 3.18. The maximum Gasteiger partial charge on any atom is 0.146 e. The van der Waals surface area contributed by atoms with Crippen molar-refractivity contribution in [1.29, 1.82) is 0 Å². The van der Waals surface area contributed by atoms with Crippen molar-refractivity contribution in [2.75, 3.05) is 7.05 Å². The smallest absolute Gasteiger partial charge is 0.146 e. The quantitative estimate of drug-likeness (QED) is 0.343. The van der Waals surface area contributed by atoms with Gasteiger partial charge in [0, 0.05) is 6.92 Å². The van der Waals surface area contributed by atoms with Gasteiger partial charge >= 0.3 is 0 Å². The summed E-state index contributed by atoms with van der Waals surface area (Å²) in [5, 5.41) is 0. The summed E-state index contributed by atoms with van der Waals surface area (Å²) in [4.78, 5) is 0. The molecule has 0 bridgehead atoms. The van der Waals surface area contributed by atoms with Crippen LogP contribution in [-0.2, 0) is 0 Å². The standard InChI is InChI=1S/C6H14N/c1-5-7(4)6(2)3/h5-6H,1-4H3/q+1. The third-order valence-electron chi connectivity index (χ3n) is 1.22. The molecule has 0 fully saturated rings. The Morgan fingerprint density at radius 3 is 1.86 bits per heavy atom. The minimum atomic E-state index is 0.644. The summed E-state index contributed by atoms with van der Waals surface area (Å²) in [5.41, 5.74) is 0. The van der Waals surface area contributed by atoms with Gasteiger partial charge in [0.2, 0.25) is 0 Å². The number of hydrogen-bond donors (Lipinski definition) is 0. The fourth-order valence-electron chi connectivity index (χ4n) is 0.298. The van der Waals surface area contributed by atoms with E-state index >= 15 is 0 Å². The van der Waals surface area contributed by atoms with Crippen LogP contribution in [0.2, 0.25) is 0 Å². The monoisotopic (exact) mass is 100 g/mol. The Morgan fingerprint density at radius 2 is 1.86 bits per heavy atom. The Bertz CT molecular complexity index is 72.2. The number of hydrogen-bond acceptors (Lipinski definition) is 0. The van der Waals surface area contributed by atoms with E-state index in [1.807, 2.05) is 6.92 Å². The second-order valence-corrected chi connectivity index (χ2v) is 2.02. The summed E-state index contributed by atoms with van der Waals surface area (Å²) in [5.74, 6) is 0. The highest BCUT2D eigenvalue weighted by molar-refractivity contribution is 5.46. The lowest BCUT2D eigenvalue weighted by Crippen LogP contribution is -2.14. The van der Waals surface area contributed by atoms with Crippen molar-refractivity contribution in [3.8, 4) is 0 Å². The molecule has 0 aromatic carbocycles. The Labute approximate surface area is 45.7 Å². The van der Waals surface area contributed by atoms with Crippen LogP contribution >= 0.6 is 0 Å². The number of nitrogens with zero attached hydrogens (tertiary/aromatic N) is 1. The molecule has 0 N–H and O–H groups in total. The van der Waals surface area contributed by atoms with Crippen molar-refractivity contribution in [2.45, 2.75) is 26.8 Å². The minimum Gasteiger partial charge on any atom is -0.240 e. The van der Waals surface area contributed by atoms with E-state index in [1.165, 1.54) is 0 Å². The maximum atomic E-state index is 2.17. The third-order valence-corrected chi connectivity index (χ3v) is 1.22. The molecule has 0 aliphatic carbocycles. The van der Waals surface area contributed by atoms with Crippen molar-refractivity contribution < 1.29 is 4.58 Å². The van der Waals surface area contributed by atoms with Gasteiger partial charge in [0.05, 0.1) is 0 Å². The zero-order chi connectivity index (χ0) is 5.86. The summed E-state index contributed by atoms with van der Waals surface area (Å²) in [6.45, 7) is 6.38. The van der Waals surface area contributed by atoms with Crippen LogP contribution in [0.1, 0.15) is 20.8 Å². The average Bonchev–Trinajstić information content (AvgIpc) is 1.65. The SMILES string of the molecule is CC=[N+](C)C(C)C. The zero-order valence-electron chi connectivity index (χ0n) is 5.60. The van der Waals surface area contributed by atoms with Crippen LogP contribution in [0, 0.1) is 0 Å². The molecule has 0 aliphatic heterocycles. The molecule has 0 amide bonds. The molecule has 0 spiro atoms. The highest BCUT2D eigenvalue weighted by atomic mass is 15.0. The molecule has 0 radical (unpaired) electrons. The first-order valence-corrected chi connectivity index (χ1v) is 2.70. The average molecular weight is 100 g/mol. The van der Waals surface area contributed by atoms with E-state index in [1.54, 1.807) is 0 Å². The van der Waals surface area contributed by atoms with Crippen molar-refractivity contribution in [3.63, 3.8) is 0 Å². The fourth-order valence-corrected chi connectivity index (χ4v) is 0.298. The summed E-state index contributed by atoms with van der Waals surface area (Å²) < 4.78 is 2.17. The predicted molar refractivity (Wildman–Crippen MR) is 33.1 cm³/mol. The zero-order valence-corrected chi connectivity index (χ0v) is 5.60. The largest absolute Gasteiger partial charge is 0.240 e. The van der Waals surface area contributed by atoms with Gasteiger partial charge in [0.15, 0.2) is 0 Å². The maximum absolute atomic E-state index is 2.17. The van der Waals surface area contributed by atoms with Crippen LogP contribution in [0.25, 0.3) is 0 Å². The summed E-state index contributed by atoms with van der Waals surface area (Å²) >= 11 is 0. The van der Waals surface area contributed by atoms with Gasteiger partial charge in [0.1, 0.15) is 19.3 Å². The topological polar surface area (TPSA) is 3.01 Å².